The molecule has 0 spiro atoms. The topological polar surface area (TPSA) is 97.7 Å². The van der Waals surface area contributed by atoms with Crippen molar-refractivity contribution in [3.05, 3.63) is 29.3 Å². The number of fused-ring (bicyclic) bond motifs is 1. The highest BCUT2D eigenvalue weighted by atomic mass is 16.5. The van der Waals surface area contributed by atoms with Crippen molar-refractivity contribution in [3.63, 3.8) is 0 Å². The molecule has 1 aliphatic heterocycles. The largest absolute Gasteiger partial charge is 0.507 e. The van der Waals surface area contributed by atoms with Gasteiger partial charge in [-0.1, -0.05) is 19.1 Å². The molecule has 1 N–H and O–H groups in total. The molecule has 1 aromatic carbocycles. The minimum Gasteiger partial charge on any atom is -0.507 e. The third-order valence-corrected chi connectivity index (χ3v) is 4.61. The van der Waals surface area contributed by atoms with E-state index in [1.54, 1.807) is 26.0 Å². The van der Waals surface area contributed by atoms with Gasteiger partial charge in [-0.3, -0.25) is 14.4 Å². The molecule has 2 atom stereocenters. The molecule has 1 aromatic rings. The first kappa shape index (κ1) is 18.8. The molecule has 134 valence electrons. The number of aromatic hydroxyl groups is 1. The second-order valence-electron chi connectivity index (χ2n) is 6.47. The summed E-state index contributed by atoms with van der Waals surface area (Å²) in [4.78, 5) is 48.0. The Morgan fingerprint density at radius 1 is 1.00 bits per heavy atom. The van der Waals surface area contributed by atoms with Crippen molar-refractivity contribution in [3.8, 4) is 5.75 Å². The summed E-state index contributed by atoms with van der Waals surface area (Å²) >= 11 is 0. The number of rotatable bonds is 0. The van der Waals surface area contributed by atoms with E-state index in [4.69, 9.17) is 4.74 Å². The summed E-state index contributed by atoms with van der Waals surface area (Å²) in [6.07, 6.45) is 0.334. The number of phenolic OH excluding ortho intramolecular Hbond substituents is 1. The van der Waals surface area contributed by atoms with Crippen LogP contribution in [0.2, 0.25) is 0 Å². The van der Waals surface area contributed by atoms with E-state index in [9.17, 15) is 24.3 Å². The first-order chi connectivity index (χ1) is 11.8. The summed E-state index contributed by atoms with van der Waals surface area (Å²) < 4.78 is 5.44. The van der Waals surface area contributed by atoms with E-state index >= 15 is 0 Å². The first-order valence-electron chi connectivity index (χ1n) is 8.43. The zero-order valence-electron chi connectivity index (χ0n) is 14.4. The maximum Gasteiger partial charge on any atom is 0.342 e. The average molecular weight is 346 g/mol. The number of carbonyl (C=O) groups excluding carboxylic acids is 4. The Morgan fingerprint density at radius 2 is 1.68 bits per heavy atom. The molecular formula is C19H22O6. The molecule has 0 bridgehead atoms. The lowest BCUT2D eigenvalue weighted by molar-refractivity contribution is -0.144. The number of carbonyl (C=O) groups is 4. The molecule has 1 heterocycles. The van der Waals surface area contributed by atoms with E-state index in [1.165, 1.54) is 6.07 Å². The van der Waals surface area contributed by atoms with Gasteiger partial charge in [-0.05, 0) is 43.7 Å². The van der Waals surface area contributed by atoms with Gasteiger partial charge in [0.15, 0.2) is 0 Å². The lowest BCUT2D eigenvalue weighted by Crippen LogP contribution is -2.27. The summed E-state index contributed by atoms with van der Waals surface area (Å²) in [5, 5.41) is 10.0. The fourth-order valence-electron chi connectivity index (χ4n) is 2.79. The van der Waals surface area contributed by atoms with Gasteiger partial charge >= 0.3 is 5.97 Å². The van der Waals surface area contributed by atoms with Gasteiger partial charge in [0.1, 0.15) is 17.4 Å². The SMILES string of the molecule is C[C@@H]1OC(=O)c2c(O)cccc2CCCC(=O)C(=O)C(=O)CC[C@@H]1C. The predicted molar refractivity (Wildman–Crippen MR) is 89.3 cm³/mol. The van der Waals surface area contributed by atoms with Crippen LogP contribution in [0.1, 0.15) is 55.5 Å². The normalized spacial score (nSPS) is 23.6. The van der Waals surface area contributed by atoms with Crippen molar-refractivity contribution in [2.45, 2.75) is 52.1 Å². The number of cyclic esters (lactones) is 1. The zero-order valence-corrected chi connectivity index (χ0v) is 14.4. The average Bonchev–Trinajstić information content (AvgIpc) is 2.57. The van der Waals surface area contributed by atoms with Gasteiger partial charge in [-0.25, -0.2) is 4.79 Å². The number of ketones is 3. The molecule has 0 radical (unpaired) electrons. The number of benzene rings is 1. The molecular weight excluding hydrogens is 324 g/mol. The molecule has 0 unspecified atom stereocenters. The van der Waals surface area contributed by atoms with Crippen molar-refractivity contribution in [1.82, 2.24) is 0 Å². The van der Waals surface area contributed by atoms with Gasteiger partial charge < -0.3 is 9.84 Å². The molecule has 0 amide bonds. The van der Waals surface area contributed by atoms with Crippen molar-refractivity contribution in [2.24, 2.45) is 5.92 Å². The Bertz CT molecular complexity index is 706. The Hall–Kier alpha value is -2.50. The third kappa shape index (κ3) is 4.53. The molecule has 0 fully saturated rings. The van der Waals surface area contributed by atoms with E-state index in [0.717, 1.165) is 0 Å². The number of phenols is 1. The van der Waals surface area contributed by atoms with Gasteiger partial charge in [0.05, 0.1) is 0 Å². The van der Waals surface area contributed by atoms with Crippen LogP contribution in [0, 0.1) is 5.92 Å². The van der Waals surface area contributed by atoms with E-state index in [-0.39, 0.29) is 30.1 Å². The fourth-order valence-corrected chi connectivity index (χ4v) is 2.79. The summed E-state index contributed by atoms with van der Waals surface area (Å²) in [6, 6.07) is 4.69. The zero-order chi connectivity index (χ0) is 18.6. The third-order valence-electron chi connectivity index (χ3n) is 4.61. The van der Waals surface area contributed by atoms with Crippen LogP contribution in [0.25, 0.3) is 0 Å². The van der Waals surface area contributed by atoms with Gasteiger partial charge in [-0.2, -0.15) is 0 Å². The maximum atomic E-state index is 12.5. The smallest absolute Gasteiger partial charge is 0.342 e. The number of hydrogen-bond donors (Lipinski definition) is 1. The van der Waals surface area contributed by atoms with E-state index in [1.807, 2.05) is 0 Å². The predicted octanol–water partition coefficient (Wildman–Crippen LogP) is 2.40. The molecule has 0 aromatic heterocycles. The van der Waals surface area contributed by atoms with Gasteiger partial charge in [0, 0.05) is 12.8 Å². The Balaban J connectivity index is 2.32. The lowest BCUT2D eigenvalue weighted by Gasteiger charge is -2.21. The van der Waals surface area contributed by atoms with Crippen LogP contribution in [-0.2, 0) is 25.5 Å². The summed E-state index contributed by atoms with van der Waals surface area (Å²) in [5.74, 6) is -3.32. The number of ether oxygens (including phenoxy) is 1. The minimum atomic E-state index is -0.954. The standard InChI is InChI=1S/C19H22O6/c1-11-9-10-16(22)18(23)15(21)8-4-6-13-5-3-7-14(20)17(13)19(24)25-12(11)2/h3,5,7,11-12,20H,4,6,8-10H2,1-2H3/t11-,12-/m0/s1. The quantitative estimate of drug-likeness (QED) is 0.572. The molecule has 0 saturated carbocycles. The van der Waals surface area contributed by atoms with Crippen molar-refractivity contribution in [1.29, 1.82) is 0 Å². The van der Waals surface area contributed by atoms with Crippen LogP contribution in [0.4, 0.5) is 0 Å². The van der Waals surface area contributed by atoms with Crippen LogP contribution >= 0.6 is 0 Å². The lowest BCUT2D eigenvalue weighted by atomic mass is 9.94. The van der Waals surface area contributed by atoms with Gasteiger partial charge in [0.2, 0.25) is 11.6 Å². The van der Waals surface area contributed by atoms with Crippen molar-refractivity contribution in [2.75, 3.05) is 0 Å². The van der Waals surface area contributed by atoms with Crippen LogP contribution < -0.4 is 0 Å². The highest BCUT2D eigenvalue weighted by molar-refractivity contribution is 6.63. The molecule has 6 heteroatoms. The number of hydrogen-bond acceptors (Lipinski definition) is 6. The Morgan fingerprint density at radius 3 is 2.40 bits per heavy atom. The fraction of sp³-hybridized carbons (Fsp3) is 0.474. The molecule has 0 saturated heterocycles. The Kier molecular flexibility index (Phi) is 6.07. The molecule has 0 aliphatic carbocycles. The maximum absolute atomic E-state index is 12.5. The number of Topliss-reactive ketones (excluding diaryl/α,β-unsaturated/α-hetero) is 3. The Labute approximate surface area is 146 Å². The van der Waals surface area contributed by atoms with Gasteiger partial charge in [0.25, 0.3) is 5.78 Å². The van der Waals surface area contributed by atoms with E-state index in [0.29, 0.717) is 24.8 Å². The monoisotopic (exact) mass is 346 g/mol. The molecule has 2 rings (SSSR count). The van der Waals surface area contributed by atoms with Crippen LogP contribution in [-0.4, -0.2) is 34.5 Å². The van der Waals surface area contributed by atoms with Gasteiger partial charge in [-0.15, -0.1) is 0 Å². The summed E-state index contributed by atoms with van der Waals surface area (Å²) in [6.45, 7) is 3.50. The molecule has 25 heavy (non-hydrogen) atoms. The van der Waals surface area contributed by atoms with Crippen molar-refractivity contribution >= 4 is 23.3 Å². The minimum absolute atomic E-state index is 0.0462. The van der Waals surface area contributed by atoms with Crippen LogP contribution in [0.15, 0.2) is 18.2 Å². The molecule has 6 nitrogen and oxygen atoms in total. The van der Waals surface area contributed by atoms with Crippen LogP contribution in [0.5, 0.6) is 5.75 Å². The summed E-state index contributed by atoms with van der Waals surface area (Å²) in [7, 11) is 0. The highest BCUT2D eigenvalue weighted by Crippen LogP contribution is 2.26. The van der Waals surface area contributed by atoms with Crippen LogP contribution in [0.3, 0.4) is 0 Å². The summed E-state index contributed by atoms with van der Waals surface area (Å²) in [5.41, 5.74) is 0.641. The first-order valence-corrected chi connectivity index (χ1v) is 8.43. The van der Waals surface area contributed by atoms with Crippen molar-refractivity contribution < 1.29 is 29.0 Å². The second kappa shape index (κ2) is 8.05. The van der Waals surface area contributed by atoms with E-state index in [2.05, 4.69) is 0 Å². The highest BCUT2D eigenvalue weighted by Gasteiger charge is 2.27. The number of esters is 1. The van der Waals surface area contributed by atoms with E-state index < -0.39 is 29.4 Å². The molecule has 1 aliphatic rings. The number of aryl methyl sites for hydroxylation is 1. The second-order valence-corrected chi connectivity index (χ2v) is 6.47.